The van der Waals surface area contributed by atoms with Gasteiger partial charge in [0.2, 0.25) is 0 Å². The SMILES string of the molecule is N#Cc1cnc2ccccc2c1NCc1ccc(COCC(F)(F)F)cc1. The Morgan fingerprint density at radius 2 is 1.74 bits per heavy atom. The molecule has 3 aromatic rings. The zero-order valence-corrected chi connectivity index (χ0v) is 14.3. The van der Waals surface area contributed by atoms with Crippen LogP contribution in [0.5, 0.6) is 0 Å². The Bertz CT molecular complexity index is 963. The molecule has 27 heavy (non-hydrogen) atoms. The van der Waals surface area contributed by atoms with Gasteiger partial charge in [0.15, 0.2) is 0 Å². The minimum atomic E-state index is -4.32. The van der Waals surface area contributed by atoms with Crippen LogP contribution < -0.4 is 5.32 Å². The number of anilines is 1. The maximum Gasteiger partial charge on any atom is 0.411 e. The lowest BCUT2D eigenvalue weighted by Crippen LogP contribution is -2.16. The van der Waals surface area contributed by atoms with E-state index in [1.165, 1.54) is 6.20 Å². The summed E-state index contributed by atoms with van der Waals surface area (Å²) in [7, 11) is 0. The smallest absolute Gasteiger partial charge is 0.379 e. The highest BCUT2D eigenvalue weighted by Crippen LogP contribution is 2.26. The van der Waals surface area contributed by atoms with E-state index in [0.717, 1.165) is 16.5 Å². The van der Waals surface area contributed by atoms with E-state index >= 15 is 0 Å². The van der Waals surface area contributed by atoms with E-state index in [1.54, 1.807) is 12.1 Å². The van der Waals surface area contributed by atoms with E-state index in [4.69, 9.17) is 0 Å². The van der Waals surface area contributed by atoms with Gasteiger partial charge in [-0.15, -0.1) is 0 Å². The maximum atomic E-state index is 12.1. The van der Waals surface area contributed by atoms with E-state index in [0.29, 0.717) is 23.4 Å². The first-order valence-corrected chi connectivity index (χ1v) is 8.20. The number of aromatic nitrogens is 1. The van der Waals surface area contributed by atoms with Crippen LogP contribution in [0.15, 0.2) is 54.7 Å². The van der Waals surface area contributed by atoms with Crippen molar-refractivity contribution in [2.24, 2.45) is 0 Å². The Hall–Kier alpha value is -3.11. The predicted molar refractivity (Wildman–Crippen MR) is 95.9 cm³/mol. The predicted octanol–water partition coefficient (Wildman–Crippen LogP) is 4.80. The molecule has 3 rings (SSSR count). The van der Waals surface area contributed by atoms with Crippen molar-refractivity contribution in [3.63, 3.8) is 0 Å². The standard InChI is InChI=1S/C20H16F3N3O/c21-20(22,23)13-27-12-15-7-5-14(6-8-15)10-26-19-16(9-24)11-25-18-4-2-1-3-17(18)19/h1-8,11H,10,12-13H2,(H,25,26). The molecular formula is C20H16F3N3O. The van der Waals surface area contributed by atoms with Crippen molar-refractivity contribution in [2.75, 3.05) is 11.9 Å². The monoisotopic (exact) mass is 371 g/mol. The topological polar surface area (TPSA) is 57.9 Å². The van der Waals surface area contributed by atoms with Gasteiger partial charge in [0.05, 0.1) is 23.4 Å². The summed E-state index contributed by atoms with van der Waals surface area (Å²) in [5.74, 6) is 0. The Morgan fingerprint density at radius 3 is 2.44 bits per heavy atom. The highest BCUT2D eigenvalue weighted by atomic mass is 19.4. The molecule has 0 aliphatic carbocycles. The van der Waals surface area contributed by atoms with Crippen molar-refractivity contribution in [1.29, 1.82) is 5.26 Å². The van der Waals surface area contributed by atoms with Crippen molar-refractivity contribution in [1.82, 2.24) is 4.98 Å². The Morgan fingerprint density at radius 1 is 1.04 bits per heavy atom. The van der Waals surface area contributed by atoms with E-state index in [1.807, 2.05) is 36.4 Å². The quantitative estimate of drug-likeness (QED) is 0.676. The van der Waals surface area contributed by atoms with Gasteiger partial charge in [-0.2, -0.15) is 18.4 Å². The molecule has 1 heterocycles. The van der Waals surface area contributed by atoms with Gasteiger partial charge in [-0.05, 0) is 17.2 Å². The number of halogens is 3. The van der Waals surface area contributed by atoms with Crippen LogP contribution in [0.2, 0.25) is 0 Å². The van der Waals surface area contributed by atoms with Gasteiger partial charge < -0.3 is 10.1 Å². The number of pyridine rings is 1. The van der Waals surface area contributed by atoms with Crippen LogP contribution in [0.25, 0.3) is 10.9 Å². The molecule has 0 aliphatic heterocycles. The van der Waals surface area contributed by atoms with Gasteiger partial charge >= 0.3 is 6.18 Å². The number of benzene rings is 2. The minimum absolute atomic E-state index is 0.0964. The largest absolute Gasteiger partial charge is 0.411 e. The first kappa shape index (κ1) is 18.7. The average Bonchev–Trinajstić information content (AvgIpc) is 2.66. The molecule has 0 spiro atoms. The molecule has 0 unspecified atom stereocenters. The Balaban J connectivity index is 1.67. The molecule has 138 valence electrons. The molecule has 0 fully saturated rings. The first-order chi connectivity index (χ1) is 13.0. The van der Waals surface area contributed by atoms with Gasteiger partial charge in [0, 0.05) is 18.1 Å². The van der Waals surface area contributed by atoms with Gasteiger partial charge in [-0.25, -0.2) is 0 Å². The zero-order chi connectivity index (χ0) is 19.3. The number of rotatable bonds is 6. The molecule has 7 heteroatoms. The number of ether oxygens (including phenoxy) is 1. The van der Waals surface area contributed by atoms with E-state index < -0.39 is 12.8 Å². The fourth-order valence-electron chi connectivity index (χ4n) is 2.64. The molecule has 1 aromatic heterocycles. The van der Waals surface area contributed by atoms with E-state index in [9.17, 15) is 18.4 Å². The second-order valence-corrected chi connectivity index (χ2v) is 5.95. The number of alkyl halides is 3. The van der Waals surface area contributed by atoms with Crippen molar-refractivity contribution in [3.05, 3.63) is 71.4 Å². The summed E-state index contributed by atoms with van der Waals surface area (Å²) in [4.78, 5) is 4.27. The van der Waals surface area contributed by atoms with Crippen molar-refractivity contribution in [2.45, 2.75) is 19.3 Å². The van der Waals surface area contributed by atoms with Crippen molar-refractivity contribution >= 4 is 16.6 Å². The number of hydrogen-bond donors (Lipinski definition) is 1. The Kier molecular flexibility index (Phi) is 5.57. The lowest BCUT2D eigenvalue weighted by atomic mass is 10.1. The van der Waals surface area contributed by atoms with Gasteiger partial charge in [-0.3, -0.25) is 4.98 Å². The molecule has 1 N–H and O–H groups in total. The number of hydrogen-bond acceptors (Lipinski definition) is 4. The Labute approximate surface area is 154 Å². The van der Waals surface area contributed by atoms with E-state index in [2.05, 4.69) is 21.1 Å². The molecule has 0 saturated carbocycles. The zero-order valence-electron chi connectivity index (χ0n) is 14.3. The summed E-state index contributed by atoms with van der Waals surface area (Å²) in [6, 6.07) is 16.7. The average molecular weight is 371 g/mol. The molecule has 0 amide bonds. The maximum absolute atomic E-state index is 12.1. The van der Waals surface area contributed by atoms with E-state index in [-0.39, 0.29) is 6.61 Å². The highest BCUT2D eigenvalue weighted by molar-refractivity contribution is 5.93. The summed E-state index contributed by atoms with van der Waals surface area (Å²) < 4.78 is 40.9. The van der Waals surface area contributed by atoms with Gasteiger partial charge in [0.1, 0.15) is 12.7 Å². The molecule has 0 saturated heterocycles. The van der Waals surface area contributed by atoms with Crippen LogP contribution in [-0.4, -0.2) is 17.8 Å². The normalized spacial score (nSPS) is 11.3. The number of nitrogens with one attached hydrogen (secondary N) is 1. The molecule has 0 radical (unpaired) electrons. The molecule has 4 nitrogen and oxygen atoms in total. The first-order valence-electron chi connectivity index (χ1n) is 8.20. The number of nitriles is 1. The van der Waals surface area contributed by atoms with Crippen LogP contribution in [0.3, 0.4) is 0 Å². The lowest BCUT2D eigenvalue weighted by molar-refractivity contribution is -0.176. The molecule has 0 aliphatic rings. The summed E-state index contributed by atoms with van der Waals surface area (Å²) in [6.45, 7) is -0.893. The van der Waals surface area contributed by atoms with Gasteiger partial charge in [0.25, 0.3) is 0 Å². The second-order valence-electron chi connectivity index (χ2n) is 5.95. The number of para-hydroxylation sites is 1. The lowest BCUT2D eigenvalue weighted by Gasteiger charge is -2.12. The van der Waals surface area contributed by atoms with Crippen LogP contribution in [0.4, 0.5) is 18.9 Å². The summed E-state index contributed by atoms with van der Waals surface area (Å²) in [5.41, 5.74) is 3.54. The van der Waals surface area contributed by atoms with Crippen LogP contribution in [0, 0.1) is 11.3 Å². The third-order valence-electron chi connectivity index (χ3n) is 3.92. The van der Waals surface area contributed by atoms with Crippen LogP contribution in [-0.2, 0) is 17.9 Å². The fourth-order valence-corrected chi connectivity index (χ4v) is 2.64. The summed E-state index contributed by atoms with van der Waals surface area (Å²) in [5, 5.41) is 13.4. The number of nitrogens with zero attached hydrogens (tertiary/aromatic N) is 2. The third-order valence-corrected chi connectivity index (χ3v) is 3.92. The molecule has 2 aromatic carbocycles. The molecular weight excluding hydrogens is 355 g/mol. The number of fused-ring (bicyclic) bond motifs is 1. The fraction of sp³-hybridized carbons (Fsp3) is 0.200. The van der Waals surface area contributed by atoms with Crippen molar-refractivity contribution in [3.8, 4) is 6.07 Å². The molecule has 0 bridgehead atoms. The second kappa shape index (κ2) is 8.06. The molecule has 0 atom stereocenters. The van der Waals surface area contributed by atoms with Crippen LogP contribution in [0.1, 0.15) is 16.7 Å². The highest BCUT2D eigenvalue weighted by Gasteiger charge is 2.27. The minimum Gasteiger partial charge on any atom is -0.379 e. The van der Waals surface area contributed by atoms with Gasteiger partial charge in [-0.1, -0.05) is 42.5 Å². The summed E-state index contributed by atoms with van der Waals surface area (Å²) in [6.07, 6.45) is -2.79. The van der Waals surface area contributed by atoms with Crippen LogP contribution >= 0.6 is 0 Å². The summed E-state index contributed by atoms with van der Waals surface area (Å²) >= 11 is 0. The third kappa shape index (κ3) is 4.96. The van der Waals surface area contributed by atoms with Crippen molar-refractivity contribution < 1.29 is 17.9 Å².